The summed E-state index contributed by atoms with van der Waals surface area (Å²) in [6, 6.07) is 8.16. The van der Waals surface area contributed by atoms with Crippen LogP contribution in [-0.4, -0.2) is 42.3 Å². The fraction of sp³-hybridized carbons (Fsp3) is 0.273. The Hall–Kier alpha value is -3.26. The summed E-state index contributed by atoms with van der Waals surface area (Å²) >= 11 is 6.26. The smallest absolute Gasteiger partial charge is 0.259 e. The van der Waals surface area contributed by atoms with Crippen LogP contribution in [-0.2, 0) is 5.54 Å². The molecular weight excluding hydrogens is 419 g/mol. The van der Waals surface area contributed by atoms with Gasteiger partial charge in [-0.15, -0.1) is 0 Å². The number of likely N-dealkylation sites (tertiary alicyclic amines) is 1. The van der Waals surface area contributed by atoms with Gasteiger partial charge in [-0.25, -0.2) is 9.37 Å². The Kier molecular flexibility index (Phi) is 4.55. The average molecular weight is 439 g/mol. The molecule has 5 rings (SSSR count). The molecule has 2 aromatic carbocycles. The zero-order valence-corrected chi connectivity index (χ0v) is 17.8. The number of hydrogen-bond donors (Lipinski definition) is 1. The number of fused-ring (bicyclic) bond motifs is 1. The van der Waals surface area contributed by atoms with E-state index in [1.165, 1.54) is 23.3 Å². The molecular formula is C22H20ClFN6O. The molecule has 1 saturated heterocycles. The topological polar surface area (TPSA) is 79.7 Å². The summed E-state index contributed by atoms with van der Waals surface area (Å²) in [4.78, 5) is 24.8. The summed E-state index contributed by atoms with van der Waals surface area (Å²) in [5.74, 6) is -0.365. The monoisotopic (exact) mass is 438 g/mol. The van der Waals surface area contributed by atoms with Gasteiger partial charge in [-0.05, 0) is 56.5 Å². The van der Waals surface area contributed by atoms with Gasteiger partial charge in [-0.1, -0.05) is 17.7 Å². The molecule has 1 unspecified atom stereocenters. The van der Waals surface area contributed by atoms with E-state index < -0.39 is 17.3 Å². The van der Waals surface area contributed by atoms with Crippen molar-refractivity contribution in [2.45, 2.75) is 32.2 Å². The van der Waals surface area contributed by atoms with Gasteiger partial charge in [0.25, 0.3) is 5.91 Å². The van der Waals surface area contributed by atoms with Crippen molar-refractivity contribution in [2.24, 2.45) is 0 Å². The molecule has 1 amide bonds. The molecule has 4 aromatic rings. The van der Waals surface area contributed by atoms with Gasteiger partial charge in [0.2, 0.25) is 0 Å². The molecule has 3 heterocycles. The number of H-pyrrole nitrogens is 1. The fourth-order valence-corrected chi connectivity index (χ4v) is 4.50. The van der Waals surface area contributed by atoms with Crippen LogP contribution in [0.15, 0.2) is 42.7 Å². The lowest BCUT2D eigenvalue weighted by Gasteiger charge is -2.34. The number of nitrogens with zero attached hydrogens (tertiary/aromatic N) is 5. The average Bonchev–Trinajstić information content (AvgIpc) is 3.50. The molecule has 1 fully saturated rings. The minimum Gasteiger partial charge on any atom is -0.340 e. The van der Waals surface area contributed by atoms with E-state index in [1.54, 1.807) is 17.0 Å². The highest BCUT2D eigenvalue weighted by Gasteiger charge is 2.45. The van der Waals surface area contributed by atoms with Gasteiger partial charge < -0.3 is 9.88 Å². The number of aromatic nitrogens is 5. The van der Waals surface area contributed by atoms with E-state index in [-0.39, 0.29) is 5.56 Å². The number of benzene rings is 2. The molecule has 1 N–H and O–H groups in total. The minimum atomic E-state index is -0.716. The molecule has 1 atom stereocenters. The SMILES string of the molecule is Cc1c(Cl)ccc2[nH]c(C3(C)CCCN3C(=O)c3c(F)cccc3-n3nccn3)nc12. The predicted octanol–water partition coefficient (Wildman–Crippen LogP) is 4.40. The van der Waals surface area contributed by atoms with Gasteiger partial charge in [0.05, 0.1) is 29.0 Å². The highest BCUT2D eigenvalue weighted by Crippen LogP contribution is 2.40. The van der Waals surface area contributed by atoms with Crippen LogP contribution in [0.2, 0.25) is 5.02 Å². The third-order valence-corrected chi connectivity index (χ3v) is 6.49. The van der Waals surface area contributed by atoms with E-state index in [1.807, 2.05) is 26.0 Å². The first-order valence-electron chi connectivity index (χ1n) is 10.0. The Labute approximate surface area is 182 Å². The molecule has 1 aliphatic rings. The summed E-state index contributed by atoms with van der Waals surface area (Å²) in [6.45, 7) is 4.36. The molecule has 0 bridgehead atoms. The Morgan fingerprint density at radius 1 is 1.23 bits per heavy atom. The van der Waals surface area contributed by atoms with Crippen LogP contribution < -0.4 is 0 Å². The van der Waals surface area contributed by atoms with E-state index in [0.717, 1.165) is 23.0 Å². The largest absolute Gasteiger partial charge is 0.340 e. The second-order valence-corrected chi connectivity index (χ2v) is 8.35. The van der Waals surface area contributed by atoms with E-state index in [2.05, 4.69) is 15.2 Å². The Balaban J connectivity index is 1.60. The van der Waals surface area contributed by atoms with Crippen molar-refractivity contribution >= 4 is 28.5 Å². The van der Waals surface area contributed by atoms with Crippen LogP contribution in [0.5, 0.6) is 0 Å². The first-order chi connectivity index (χ1) is 14.9. The van der Waals surface area contributed by atoms with E-state index in [4.69, 9.17) is 16.6 Å². The predicted molar refractivity (Wildman–Crippen MR) is 115 cm³/mol. The normalized spacial score (nSPS) is 18.8. The number of aryl methyl sites for hydroxylation is 1. The fourth-order valence-electron chi connectivity index (χ4n) is 4.34. The molecule has 7 nitrogen and oxygen atoms in total. The van der Waals surface area contributed by atoms with Crippen molar-refractivity contribution < 1.29 is 9.18 Å². The third kappa shape index (κ3) is 3.01. The van der Waals surface area contributed by atoms with Gasteiger partial charge >= 0.3 is 0 Å². The Bertz CT molecular complexity index is 1300. The number of amides is 1. The molecule has 0 saturated carbocycles. The van der Waals surface area contributed by atoms with Crippen molar-refractivity contribution in [1.82, 2.24) is 29.9 Å². The summed E-state index contributed by atoms with van der Waals surface area (Å²) in [5, 5.41) is 8.79. The van der Waals surface area contributed by atoms with Crippen LogP contribution in [0.3, 0.4) is 0 Å². The minimum absolute atomic E-state index is 0.0536. The summed E-state index contributed by atoms with van der Waals surface area (Å²) in [5.41, 5.74) is 2.03. The van der Waals surface area contributed by atoms with Crippen LogP contribution in [0.4, 0.5) is 4.39 Å². The summed E-state index contributed by atoms with van der Waals surface area (Å²) < 4.78 is 14.9. The number of rotatable bonds is 3. The zero-order valence-electron chi connectivity index (χ0n) is 17.1. The zero-order chi connectivity index (χ0) is 21.8. The van der Waals surface area contributed by atoms with Crippen LogP contribution in [0.25, 0.3) is 16.7 Å². The summed E-state index contributed by atoms with van der Waals surface area (Å²) in [7, 11) is 0. The lowest BCUT2D eigenvalue weighted by molar-refractivity contribution is 0.0601. The summed E-state index contributed by atoms with van der Waals surface area (Å²) in [6.07, 6.45) is 4.46. The van der Waals surface area contributed by atoms with Crippen molar-refractivity contribution in [1.29, 1.82) is 0 Å². The van der Waals surface area contributed by atoms with Gasteiger partial charge in [0.15, 0.2) is 0 Å². The number of halogens is 2. The third-order valence-electron chi connectivity index (χ3n) is 6.08. The van der Waals surface area contributed by atoms with Gasteiger partial charge in [-0.2, -0.15) is 15.0 Å². The van der Waals surface area contributed by atoms with Crippen molar-refractivity contribution in [3.05, 3.63) is 70.5 Å². The number of carbonyl (C=O) groups is 1. The van der Waals surface area contributed by atoms with Crippen molar-refractivity contribution in [2.75, 3.05) is 6.54 Å². The molecule has 1 aliphatic heterocycles. The first-order valence-corrected chi connectivity index (χ1v) is 10.4. The lowest BCUT2D eigenvalue weighted by atomic mass is 9.97. The quantitative estimate of drug-likeness (QED) is 0.514. The van der Waals surface area contributed by atoms with Crippen LogP contribution in [0, 0.1) is 12.7 Å². The number of aromatic amines is 1. The highest BCUT2D eigenvalue weighted by atomic mass is 35.5. The van der Waals surface area contributed by atoms with Gasteiger partial charge in [-0.3, -0.25) is 4.79 Å². The molecule has 31 heavy (non-hydrogen) atoms. The lowest BCUT2D eigenvalue weighted by Crippen LogP contribution is -2.44. The highest BCUT2D eigenvalue weighted by molar-refractivity contribution is 6.32. The molecule has 0 radical (unpaired) electrons. The van der Waals surface area contributed by atoms with Crippen molar-refractivity contribution in [3.63, 3.8) is 0 Å². The number of nitrogens with one attached hydrogen (secondary N) is 1. The molecule has 158 valence electrons. The van der Waals surface area contributed by atoms with E-state index in [0.29, 0.717) is 29.5 Å². The number of carbonyl (C=O) groups excluding carboxylic acids is 1. The number of imidazole rings is 1. The van der Waals surface area contributed by atoms with Gasteiger partial charge in [0.1, 0.15) is 22.9 Å². The second kappa shape index (κ2) is 7.16. The number of hydrogen-bond acceptors (Lipinski definition) is 4. The van der Waals surface area contributed by atoms with Gasteiger partial charge in [0, 0.05) is 11.6 Å². The molecule has 9 heteroatoms. The second-order valence-electron chi connectivity index (χ2n) is 7.94. The molecule has 0 spiro atoms. The maximum atomic E-state index is 14.9. The molecule has 0 aliphatic carbocycles. The van der Waals surface area contributed by atoms with E-state index >= 15 is 0 Å². The molecule has 2 aromatic heterocycles. The maximum Gasteiger partial charge on any atom is 0.259 e. The Morgan fingerprint density at radius 2 is 2.00 bits per heavy atom. The van der Waals surface area contributed by atoms with Crippen LogP contribution >= 0.6 is 11.6 Å². The first kappa shape index (κ1) is 19.7. The standard InChI is InChI=1S/C22H20ClFN6O/c1-13-14(23)7-8-16-19(13)28-21(27-16)22(2)9-4-12-29(22)20(31)18-15(24)5-3-6-17(18)30-25-10-11-26-30/h3,5-8,10-11H,4,9,12H2,1-2H3,(H,27,28). The van der Waals surface area contributed by atoms with Crippen LogP contribution in [0.1, 0.15) is 41.5 Å². The van der Waals surface area contributed by atoms with Crippen molar-refractivity contribution in [3.8, 4) is 5.69 Å². The maximum absolute atomic E-state index is 14.9. The Morgan fingerprint density at radius 3 is 2.77 bits per heavy atom. The van der Waals surface area contributed by atoms with E-state index in [9.17, 15) is 9.18 Å².